The van der Waals surface area contributed by atoms with Gasteiger partial charge in [-0.05, 0) is 24.0 Å². The highest BCUT2D eigenvalue weighted by Crippen LogP contribution is 2.31. The maximum Gasteiger partial charge on any atom is 0.0921 e. The van der Waals surface area contributed by atoms with Crippen molar-refractivity contribution in [2.75, 3.05) is 5.33 Å². The molecule has 0 aliphatic rings. The van der Waals surface area contributed by atoms with Crippen molar-refractivity contribution >= 4 is 15.9 Å². The van der Waals surface area contributed by atoms with Crippen molar-refractivity contribution in [3.63, 3.8) is 0 Å². The van der Waals surface area contributed by atoms with Crippen molar-refractivity contribution in [2.45, 2.75) is 18.3 Å². The summed E-state index contributed by atoms with van der Waals surface area (Å²) in [7, 11) is 0. The summed E-state index contributed by atoms with van der Waals surface area (Å²) in [4.78, 5) is 0. The molecule has 0 heterocycles. The molecule has 0 aromatic heterocycles. The molecule has 0 aliphatic carbocycles. The van der Waals surface area contributed by atoms with Crippen LogP contribution in [-0.2, 0) is 11.8 Å². The molecule has 0 N–H and O–H groups in total. The lowest BCUT2D eigenvalue weighted by atomic mass is 9.79. The number of nitrogens with zero attached hydrogens (tertiary/aromatic N) is 1. The summed E-state index contributed by atoms with van der Waals surface area (Å²) in [5.41, 5.74) is 1.92. The van der Waals surface area contributed by atoms with Crippen LogP contribution in [0, 0.1) is 11.3 Å². The number of hydrogen-bond acceptors (Lipinski definition) is 1. The monoisotopic (exact) mass is 313 g/mol. The van der Waals surface area contributed by atoms with Crippen molar-refractivity contribution in [3.8, 4) is 6.07 Å². The van der Waals surface area contributed by atoms with Gasteiger partial charge in [0.15, 0.2) is 0 Å². The van der Waals surface area contributed by atoms with Gasteiger partial charge < -0.3 is 0 Å². The number of aryl methyl sites for hydroxylation is 1. The highest BCUT2D eigenvalue weighted by atomic mass is 79.9. The van der Waals surface area contributed by atoms with Crippen LogP contribution in [0.5, 0.6) is 0 Å². The second kappa shape index (κ2) is 6.54. The van der Waals surface area contributed by atoms with Crippen LogP contribution in [0.3, 0.4) is 0 Å². The molecule has 19 heavy (non-hydrogen) atoms. The van der Waals surface area contributed by atoms with Gasteiger partial charge >= 0.3 is 0 Å². The molecule has 1 unspecified atom stereocenters. The van der Waals surface area contributed by atoms with Crippen LogP contribution in [0.15, 0.2) is 60.7 Å². The molecule has 2 aromatic carbocycles. The van der Waals surface area contributed by atoms with E-state index in [1.165, 1.54) is 5.56 Å². The average Bonchev–Trinajstić information content (AvgIpc) is 2.51. The minimum atomic E-state index is -0.447. The number of alkyl halides is 1. The largest absolute Gasteiger partial charge is 0.197 e. The quantitative estimate of drug-likeness (QED) is 0.747. The average molecular weight is 314 g/mol. The Balaban J connectivity index is 2.20. The fourth-order valence-electron chi connectivity index (χ4n) is 2.20. The third kappa shape index (κ3) is 3.24. The molecule has 96 valence electrons. The molecule has 2 heteroatoms. The number of halogens is 1. The first-order valence-electron chi connectivity index (χ1n) is 6.37. The Morgan fingerprint density at radius 1 is 0.947 bits per heavy atom. The Bertz CT molecular complexity index is 544. The molecule has 0 saturated carbocycles. The Hall–Kier alpha value is -1.59. The third-order valence-electron chi connectivity index (χ3n) is 3.45. The molecule has 1 nitrogen and oxygen atoms in total. The molecule has 2 rings (SSSR count). The third-order valence-corrected chi connectivity index (χ3v) is 4.41. The van der Waals surface area contributed by atoms with Gasteiger partial charge in [0.05, 0.1) is 11.5 Å². The number of rotatable bonds is 5. The predicted molar refractivity (Wildman–Crippen MR) is 82.3 cm³/mol. The lowest BCUT2D eigenvalue weighted by molar-refractivity contribution is 0.566. The molecule has 1 atom stereocenters. The van der Waals surface area contributed by atoms with Gasteiger partial charge in [-0.2, -0.15) is 5.26 Å². The summed E-state index contributed by atoms with van der Waals surface area (Å²) in [5.74, 6) is 0. The van der Waals surface area contributed by atoms with Crippen LogP contribution >= 0.6 is 15.9 Å². The molecule has 0 bridgehead atoms. The van der Waals surface area contributed by atoms with Gasteiger partial charge in [-0.1, -0.05) is 76.6 Å². The van der Waals surface area contributed by atoms with E-state index in [1.54, 1.807) is 0 Å². The zero-order valence-corrected chi connectivity index (χ0v) is 12.3. The van der Waals surface area contributed by atoms with Gasteiger partial charge in [0.25, 0.3) is 0 Å². The minimum Gasteiger partial charge on any atom is -0.197 e. The van der Waals surface area contributed by atoms with Gasteiger partial charge in [-0.25, -0.2) is 0 Å². The number of benzene rings is 2. The lowest BCUT2D eigenvalue weighted by Crippen LogP contribution is -2.26. The first-order chi connectivity index (χ1) is 9.30. The fourth-order valence-corrected chi connectivity index (χ4v) is 2.93. The van der Waals surface area contributed by atoms with E-state index in [4.69, 9.17) is 0 Å². The molecule has 0 aliphatic heterocycles. The van der Waals surface area contributed by atoms with Crippen LogP contribution in [0.4, 0.5) is 0 Å². The zero-order valence-electron chi connectivity index (χ0n) is 10.7. The maximum atomic E-state index is 9.63. The summed E-state index contributed by atoms with van der Waals surface area (Å²) < 4.78 is 0. The van der Waals surface area contributed by atoms with E-state index in [0.29, 0.717) is 5.33 Å². The Morgan fingerprint density at radius 3 is 2.05 bits per heavy atom. The van der Waals surface area contributed by atoms with Crippen molar-refractivity contribution < 1.29 is 0 Å². The molecule has 2 aromatic rings. The highest BCUT2D eigenvalue weighted by Gasteiger charge is 2.30. The molecule has 0 amide bonds. The minimum absolute atomic E-state index is 0.447. The normalized spacial score (nSPS) is 13.5. The van der Waals surface area contributed by atoms with Gasteiger partial charge in [0.2, 0.25) is 0 Å². The number of hydrogen-bond donors (Lipinski definition) is 0. The molecule has 0 saturated heterocycles. The Kier molecular flexibility index (Phi) is 4.76. The second-order valence-electron chi connectivity index (χ2n) is 4.68. The van der Waals surface area contributed by atoms with E-state index in [9.17, 15) is 5.26 Å². The first kappa shape index (κ1) is 13.8. The predicted octanol–water partition coefficient (Wildman–Crippen LogP) is 4.48. The van der Waals surface area contributed by atoms with Crippen molar-refractivity contribution in [1.82, 2.24) is 0 Å². The topological polar surface area (TPSA) is 23.8 Å². The smallest absolute Gasteiger partial charge is 0.0921 e. The van der Waals surface area contributed by atoms with E-state index in [1.807, 2.05) is 48.5 Å². The Labute approximate surface area is 123 Å². The van der Waals surface area contributed by atoms with E-state index >= 15 is 0 Å². The van der Waals surface area contributed by atoms with Crippen LogP contribution in [0.25, 0.3) is 0 Å². The zero-order chi connectivity index (χ0) is 13.6. The van der Waals surface area contributed by atoms with Crippen LogP contribution in [0.2, 0.25) is 0 Å². The summed E-state index contributed by atoms with van der Waals surface area (Å²) >= 11 is 3.52. The Morgan fingerprint density at radius 2 is 1.53 bits per heavy atom. The van der Waals surface area contributed by atoms with Crippen molar-refractivity contribution in [1.29, 1.82) is 5.26 Å². The van der Waals surface area contributed by atoms with Crippen molar-refractivity contribution in [3.05, 3.63) is 71.8 Å². The SMILES string of the molecule is N#CC(CBr)(CCc1ccccc1)c1ccccc1. The van der Waals surface area contributed by atoms with E-state index in [0.717, 1.165) is 18.4 Å². The maximum absolute atomic E-state index is 9.63. The fraction of sp³-hybridized carbons (Fsp3) is 0.235. The van der Waals surface area contributed by atoms with E-state index in [-0.39, 0.29) is 0 Å². The van der Waals surface area contributed by atoms with Gasteiger partial charge in [0.1, 0.15) is 0 Å². The van der Waals surface area contributed by atoms with E-state index < -0.39 is 5.41 Å². The van der Waals surface area contributed by atoms with Crippen LogP contribution < -0.4 is 0 Å². The summed E-state index contributed by atoms with van der Waals surface area (Å²) in [6.07, 6.45) is 1.73. The standard InChI is InChI=1S/C17H16BrN/c18-13-17(14-19,16-9-5-2-6-10-16)12-11-15-7-3-1-4-8-15/h1-10H,11-13H2. The first-order valence-corrected chi connectivity index (χ1v) is 7.49. The molecular weight excluding hydrogens is 298 g/mol. The molecule has 0 fully saturated rings. The van der Waals surface area contributed by atoms with Gasteiger partial charge in [0, 0.05) is 5.33 Å². The van der Waals surface area contributed by atoms with Crippen LogP contribution in [-0.4, -0.2) is 5.33 Å². The summed E-state index contributed by atoms with van der Waals surface area (Å²) in [6, 6.07) is 22.9. The second-order valence-corrected chi connectivity index (χ2v) is 5.24. The molecule has 0 spiro atoms. The lowest BCUT2D eigenvalue weighted by Gasteiger charge is -2.24. The van der Waals surface area contributed by atoms with E-state index in [2.05, 4.69) is 34.1 Å². The molecule has 0 radical (unpaired) electrons. The van der Waals surface area contributed by atoms with Crippen molar-refractivity contribution in [2.24, 2.45) is 0 Å². The van der Waals surface area contributed by atoms with Gasteiger partial charge in [-0.15, -0.1) is 0 Å². The van der Waals surface area contributed by atoms with Crippen LogP contribution in [0.1, 0.15) is 17.5 Å². The van der Waals surface area contributed by atoms with Gasteiger partial charge in [-0.3, -0.25) is 0 Å². The molecular formula is C17H16BrN. The highest BCUT2D eigenvalue weighted by molar-refractivity contribution is 9.09. The summed E-state index contributed by atoms with van der Waals surface area (Å²) in [5, 5.41) is 10.3. The number of nitriles is 1. The summed E-state index contributed by atoms with van der Waals surface area (Å²) in [6.45, 7) is 0.